The van der Waals surface area contributed by atoms with Gasteiger partial charge in [-0.15, -0.1) is 0 Å². The maximum atomic E-state index is 13.4. The van der Waals surface area contributed by atoms with Gasteiger partial charge in [0.2, 0.25) is 5.91 Å². The Hall–Kier alpha value is -3.74. The van der Waals surface area contributed by atoms with Crippen LogP contribution in [0.2, 0.25) is 0 Å². The Labute approximate surface area is 219 Å². The highest BCUT2D eigenvalue weighted by molar-refractivity contribution is 5.95. The molecule has 0 fully saturated rings. The second-order valence-corrected chi connectivity index (χ2v) is 10.3. The fourth-order valence-electron chi connectivity index (χ4n) is 4.15. The van der Waals surface area contributed by atoms with Gasteiger partial charge in [-0.25, -0.2) is 0 Å². The molecule has 0 bridgehead atoms. The van der Waals surface area contributed by atoms with Crippen molar-refractivity contribution in [3.8, 4) is 11.1 Å². The maximum Gasteiger partial charge on any atom is 0.246 e. The van der Waals surface area contributed by atoms with Crippen molar-refractivity contribution in [2.24, 2.45) is 0 Å². The normalized spacial score (nSPS) is 13.2. The molecule has 0 unspecified atom stereocenters. The highest BCUT2D eigenvalue weighted by Crippen LogP contribution is 2.25. The van der Waals surface area contributed by atoms with Gasteiger partial charge in [-0.3, -0.25) is 9.48 Å². The Kier molecular flexibility index (Phi) is 8.21. The largest absolute Gasteiger partial charge is 0.394 e. The Balaban J connectivity index is 1.45. The second-order valence-electron chi connectivity index (χ2n) is 10.3. The third-order valence-corrected chi connectivity index (χ3v) is 6.75. The zero-order valence-corrected chi connectivity index (χ0v) is 22.0. The van der Waals surface area contributed by atoms with Crippen molar-refractivity contribution in [1.29, 1.82) is 0 Å². The number of aliphatic hydroxyl groups is 1. The molecule has 1 amide bonds. The topological polar surface area (TPSA) is 79.2 Å². The first-order valence-electron chi connectivity index (χ1n) is 12.7. The molecular formula is C31H36N4O2. The van der Waals surface area contributed by atoms with Gasteiger partial charge in [-0.2, -0.15) is 5.10 Å². The van der Waals surface area contributed by atoms with E-state index in [1.165, 1.54) is 11.1 Å². The number of carbonyl (C=O) groups is 1. The van der Waals surface area contributed by atoms with Crippen LogP contribution in [0.1, 0.15) is 49.4 Å². The average Bonchev–Trinajstić information content (AvgIpc) is 3.42. The number of amides is 1. The summed E-state index contributed by atoms with van der Waals surface area (Å²) in [5.74, 6) is 0.156. The SMILES string of the molecule is Cc1ccc([C@@H](C)CN[C@@H](C(=O)Nc2ccc(-c3cnn(C(C)(C)CO)c3)cc2)c2ccccc2)cc1. The summed E-state index contributed by atoms with van der Waals surface area (Å²) < 4.78 is 1.77. The van der Waals surface area contributed by atoms with Gasteiger partial charge in [0.1, 0.15) is 6.04 Å². The molecule has 3 aromatic carbocycles. The lowest BCUT2D eigenvalue weighted by atomic mass is 9.98. The van der Waals surface area contributed by atoms with Gasteiger partial charge in [0.15, 0.2) is 0 Å². The van der Waals surface area contributed by atoms with Crippen molar-refractivity contribution in [1.82, 2.24) is 15.1 Å². The minimum atomic E-state index is -0.479. The van der Waals surface area contributed by atoms with Crippen molar-refractivity contribution in [3.05, 3.63) is 108 Å². The van der Waals surface area contributed by atoms with Crippen LogP contribution >= 0.6 is 0 Å². The van der Waals surface area contributed by atoms with Crippen LogP contribution in [-0.4, -0.2) is 33.9 Å². The van der Waals surface area contributed by atoms with E-state index in [1.807, 2.05) is 74.6 Å². The first-order valence-corrected chi connectivity index (χ1v) is 12.7. The predicted octanol–water partition coefficient (Wildman–Crippen LogP) is 5.66. The van der Waals surface area contributed by atoms with E-state index < -0.39 is 11.6 Å². The number of benzene rings is 3. The highest BCUT2D eigenvalue weighted by atomic mass is 16.3. The number of nitrogens with one attached hydrogen (secondary N) is 2. The number of nitrogens with zero attached hydrogens (tertiary/aromatic N) is 2. The van der Waals surface area contributed by atoms with E-state index in [0.717, 1.165) is 22.4 Å². The third-order valence-electron chi connectivity index (χ3n) is 6.75. The van der Waals surface area contributed by atoms with E-state index in [1.54, 1.807) is 10.9 Å². The fraction of sp³-hybridized carbons (Fsp3) is 0.290. The van der Waals surface area contributed by atoms with Gasteiger partial charge in [0.25, 0.3) is 0 Å². The smallest absolute Gasteiger partial charge is 0.246 e. The van der Waals surface area contributed by atoms with Crippen LogP contribution in [0.3, 0.4) is 0 Å². The lowest BCUT2D eigenvalue weighted by Gasteiger charge is -2.22. The molecule has 3 N–H and O–H groups in total. The monoisotopic (exact) mass is 496 g/mol. The molecule has 0 aliphatic heterocycles. The summed E-state index contributed by atoms with van der Waals surface area (Å²) in [6.07, 6.45) is 3.71. The van der Waals surface area contributed by atoms with Gasteiger partial charge in [-0.1, -0.05) is 79.2 Å². The highest BCUT2D eigenvalue weighted by Gasteiger charge is 2.22. The standard InChI is InChI=1S/C31H36N4O2/c1-22-10-12-24(13-11-22)23(2)18-32-29(26-8-6-5-7-9-26)30(37)34-28-16-14-25(15-17-28)27-19-33-35(20-27)31(3,4)21-36/h5-17,19-20,23,29,32,36H,18,21H2,1-4H3,(H,34,37)/t23-,29+/m0/s1. The van der Waals surface area contributed by atoms with Crippen molar-refractivity contribution >= 4 is 11.6 Å². The molecular weight excluding hydrogens is 460 g/mol. The van der Waals surface area contributed by atoms with E-state index >= 15 is 0 Å². The van der Waals surface area contributed by atoms with Gasteiger partial charge in [0.05, 0.1) is 18.3 Å². The molecule has 2 atom stereocenters. The second kappa shape index (κ2) is 11.5. The molecule has 4 rings (SSSR count). The number of aliphatic hydroxyl groups excluding tert-OH is 1. The predicted molar refractivity (Wildman–Crippen MR) is 149 cm³/mol. The van der Waals surface area contributed by atoms with Crippen LogP contribution in [0.15, 0.2) is 91.3 Å². The molecule has 0 radical (unpaired) electrons. The number of aromatic nitrogens is 2. The molecule has 6 nitrogen and oxygen atoms in total. The summed E-state index contributed by atoms with van der Waals surface area (Å²) >= 11 is 0. The molecule has 6 heteroatoms. The van der Waals surface area contributed by atoms with Gasteiger partial charge in [0, 0.05) is 24.0 Å². The molecule has 1 heterocycles. The van der Waals surface area contributed by atoms with Crippen molar-refractivity contribution in [2.75, 3.05) is 18.5 Å². The summed E-state index contributed by atoms with van der Waals surface area (Å²) in [6.45, 7) is 8.78. The van der Waals surface area contributed by atoms with E-state index in [2.05, 4.69) is 53.8 Å². The number of hydrogen-bond acceptors (Lipinski definition) is 4. The molecule has 1 aromatic heterocycles. The van der Waals surface area contributed by atoms with Crippen LogP contribution in [0, 0.1) is 6.92 Å². The van der Waals surface area contributed by atoms with Crippen molar-refractivity contribution < 1.29 is 9.90 Å². The van der Waals surface area contributed by atoms with Crippen LogP contribution in [0.4, 0.5) is 5.69 Å². The quantitative estimate of drug-likeness (QED) is 0.265. The third kappa shape index (κ3) is 6.53. The zero-order chi connectivity index (χ0) is 26.4. The minimum Gasteiger partial charge on any atom is -0.394 e. The lowest BCUT2D eigenvalue weighted by molar-refractivity contribution is -0.118. The van der Waals surface area contributed by atoms with Gasteiger partial charge < -0.3 is 15.7 Å². The average molecular weight is 497 g/mol. The van der Waals surface area contributed by atoms with E-state index in [9.17, 15) is 9.90 Å². The van der Waals surface area contributed by atoms with Crippen LogP contribution in [0.5, 0.6) is 0 Å². The number of aryl methyl sites for hydroxylation is 1. The summed E-state index contributed by atoms with van der Waals surface area (Å²) in [7, 11) is 0. The summed E-state index contributed by atoms with van der Waals surface area (Å²) in [5, 5.41) is 20.6. The molecule has 0 aliphatic rings. The summed E-state index contributed by atoms with van der Waals surface area (Å²) in [4.78, 5) is 13.4. The Morgan fingerprint density at radius 2 is 1.62 bits per heavy atom. The number of rotatable bonds is 10. The molecule has 0 saturated carbocycles. The first-order chi connectivity index (χ1) is 17.8. The Bertz CT molecular complexity index is 1300. The van der Waals surface area contributed by atoms with Gasteiger partial charge >= 0.3 is 0 Å². The Morgan fingerprint density at radius 3 is 2.27 bits per heavy atom. The Morgan fingerprint density at radius 1 is 0.946 bits per heavy atom. The number of hydrogen-bond donors (Lipinski definition) is 3. The van der Waals surface area contributed by atoms with Crippen LogP contribution in [-0.2, 0) is 10.3 Å². The maximum absolute atomic E-state index is 13.4. The van der Waals surface area contributed by atoms with Crippen LogP contribution in [0.25, 0.3) is 11.1 Å². The first kappa shape index (κ1) is 26.3. The van der Waals surface area contributed by atoms with Crippen molar-refractivity contribution in [2.45, 2.75) is 45.2 Å². The molecule has 0 saturated heterocycles. The van der Waals surface area contributed by atoms with E-state index in [-0.39, 0.29) is 18.4 Å². The minimum absolute atomic E-state index is 0.000493. The summed E-state index contributed by atoms with van der Waals surface area (Å²) in [5.41, 5.74) is 5.60. The van der Waals surface area contributed by atoms with E-state index in [4.69, 9.17) is 0 Å². The fourth-order valence-corrected chi connectivity index (χ4v) is 4.15. The molecule has 0 aliphatic carbocycles. The molecule has 192 valence electrons. The van der Waals surface area contributed by atoms with E-state index in [0.29, 0.717) is 6.54 Å². The van der Waals surface area contributed by atoms with Crippen LogP contribution < -0.4 is 10.6 Å². The van der Waals surface area contributed by atoms with Gasteiger partial charge in [-0.05, 0) is 55.5 Å². The number of anilines is 1. The molecule has 4 aromatic rings. The lowest BCUT2D eigenvalue weighted by Crippen LogP contribution is -2.35. The molecule has 37 heavy (non-hydrogen) atoms. The zero-order valence-electron chi connectivity index (χ0n) is 22.0. The van der Waals surface area contributed by atoms with Crippen molar-refractivity contribution in [3.63, 3.8) is 0 Å². The summed E-state index contributed by atoms with van der Waals surface area (Å²) in [6, 6.07) is 25.6. The molecule has 0 spiro atoms. The number of carbonyl (C=O) groups excluding carboxylic acids is 1.